The molecule has 2 aliphatic rings. The van der Waals surface area contributed by atoms with E-state index in [0.29, 0.717) is 6.07 Å². The molecule has 176 valence electrons. The lowest BCUT2D eigenvalue weighted by molar-refractivity contribution is 0.0444. The SMILES string of the molecule is CC1CC(F)C(F)CN2CN1n1cc(C(=O)NCc3ccc(F)cc3F)c(=O)c(O)c1C2=O. The molecule has 2 amide bonds. The molecule has 1 fully saturated rings. The highest BCUT2D eigenvalue weighted by Crippen LogP contribution is 2.27. The lowest BCUT2D eigenvalue weighted by Gasteiger charge is -2.45. The first-order chi connectivity index (χ1) is 15.6. The first-order valence-electron chi connectivity index (χ1n) is 10.1. The van der Waals surface area contributed by atoms with Crippen molar-refractivity contribution in [1.29, 1.82) is 0 Å². The standard InChI is InChI=1S/C21H20F4N4O4/c1-10-4-15(24)16(25)8-27-9-29(10)28-7-13(18(30)19(31)17(28)21(27)33)20(32)26-6-11-2-3-12(22)5-14(11)23/h2-3,5,7,10,15-16,31H,4,6,8-9H2,1H3,(H,26,32). The van der Waals surface area contributed by atoms with Gasteiger partial charge < -0.3 is 15.3 Å². The molecule has 12 heteroatoms. The molecular formula is C21H20F4N4O4. The van der Waals surface area contributed by atoms with Crippen molar-refractivity contribution in [3.8, 4) is 5.75 Å². The van der Waals surface area contributed by atoms with Crippen LogP contribution >= 0.6 is 0 Å². The number of benzene rings is 1. The van der Waals surface area contributed by atoms with E-state index in [1.54, 1.807) is 6.92 Å². The van der Waals surface area contributed by atoms with Crippen molar-refractivity contribution < 1.29 is 32.3 Å². The minimum Gasteiger partial charge on any atom is -0.502 e. The van der Waals surface area contributed by atoms with Gasteiger partial charge in [0, 0.05) is 36.8 Å². The van der Waals surface area contributed by atoms with Crippen molar-refractivity contribution in [2.24, 2.45) is 0 Å². The molecule has 33 heavy (non-hydrogen) atoms. The molecule has 2 N–H and O–H groups in total. The van der Waals surface area contributed by atoms with E-state index in [1.165, 1.54) is 5.01 Å². The summed E-state index contributed by atoms with van der Waals surface area (Å²) >= 11 is 0. The van der Waals surface area contributed by atoms with Gasteiger partial charge in [-0.25, -0.2) is 17.6 Å². The Hall–Kier alpha value is -3.57. The molecule has 3 atom stereocenters. The van der Waals surface area contributed by atoms with Crippen molar-refractivity contribution in [2.75, 3.05) is 18.2 Å². The number of nitrogens with zero attached hydrogens (tertiary/aromatic N) is 3. The lowest BCUT2D eigenvalue weighted by Crippen LogP contribution is -2.61. The molecule has 1 saturated heterocycles. The lowest BCUT2D eigenvalue weighted by atomic mass is 10.0. The van der Waals surface area contributed by atoms with Crippen LogP contribution in [0.2, 0.25) is 0 Å². The van der Waals surface area contributed by atoms with Crippen LogP contribution < -0.4 is 15.8 Å². The molecule has 0 spiro atoms. The number of nitrogens with one attached hydrogen (secondary N) is 1. The Morgan fingerprint density at radius 2 is 1.94 bits per heavy atom. The van der Waals surface area contributed by atoms with E-state index in [2.05, 4.69) is 5.32 Å². The Kier molecular flexibility index (Phi) is 5.76. The largest absolute Gasteiger partial charge is 0.502 e. The first kappa shape index (κ1) is 22.6. The third-order valence-corrected chi connectivity index (χ3v) is 5.81. The molecule has 1 aromatic carbocycles. The average molecular weight is 468 g/mol. The molecule has 3 unspecified atom stereocenters. The topological polar surface area (TPSA) is 94.9 Å². The number of pyridine rings is 1. The Balaban J connectivity index is 1.69. The minimum atomic E-state index is -1.92. The van der Waals surface area contributed by atoms with E-state index < -0.39 is 70.8 Å². The van der Waals surface area contributed by atoms with E-state index in [-0.39, 0.29) is 25.2 Å². The first-order valence-corrected chi connectivity index (χ1v) is 10.1. The summed E-state index contributed by atoms with van der Waals surface area (Å²) in [4.78, 5) is 39.1. The summed E-state index contributed by atoms with van der Waals surface area (Å²) in [6.07, 6.45) is -2.95. The molecule has 8 nitrogen and oxygen atoms in total. The van der Waals surface area contributed by atoms with Gasteiger partial charge in [0.1, 0.15) is 36.2 Å². The number of aromatic nitrogens is 1. The fraction of sp³-hybridized carbons (Fsp3) is 0.381. The van der Waals surface area contributed by atoms with Crippen molar-refractivity contribution in [1.82, 2.24) is 14.9 Å². The monoisotopic (exact) mass is 468 g/mol. The highest BCUT2D eigenvalue weighted by molar-refractivity contribution is 5.99. The number of hydrogen-bond donors (Lipinski definition) is 2. The molecule has 2 aromatic rings. The second kappa shape index (κ2) is 8.41. The number of alkyl halides is 2. The summed E-state index contributed by atoms with van der Waals surface area (Å²) < 4.78 is 56.3. The van der Waals surface area contributed by atoms with Crippen LogP contribution in [0.25, 0.3) is 0 Å². The Labute approximate surface area is 185 Å². The van der Waals surface area contributed by atoms with E-state index in [4.69, 9.17) is 0 Å². The zero-order valence-electron chi connectivity index (χ0n) is 17.4. The van der Waals surface area contributed by atoms with Gasteiger partial charge in [0.25, 0.3) is 11.8 Å². The van der Waals surface area contributed by atoms with E-state index in [0.717, 1.165) is 27.9 Å². The highest BCUT2D eigenvalue weighted by Gasteiger charge is 2.41. The van der Waals surface area contributed by atoms with Gasteiger partial charge in [0.15, 0.2) is 11.4 Å². The van der Waals surface area contributed by atoms with Crippen LogP contribution in [0.1, 0.15) is 39.8 Å². The smallest absolute Gasteiger partial charge is 0.277 e. The van der Waals surface area contributed by atoms with Crippen molar-refractivity contribution >= 4 is 11.8 Å². The van der Waals surface area contributed by atoms with Gasteiger partial charge in [-0.2, -0.15) is 0 Å². The number of hydrogen-bond acceptors (Lipinski definition) is 5. The number of carbonyl (C=O) groups is 2. The Bertz CT molecular complexity index is 1190. The van der Waals surface area contributed by atoms with Crippen LogP contribution in [0.4, 0.5) is 17.6 Å². The molecule has 4 rings (SSSR count). The number of amides is 2. The van der Waals surface area contributed by atoms with Gasteiger partial charge >= 0.3 is 0 Å². The number of aromatic hydroxyl groups is 1. The molecule has 3 heterocycles. The summed E-state index contributed by atoms with van der Waals surface area (Å²) in [6.45, 7) is 0.502. The molecule has 1 aromatic heterocycles. The van der Waals surface area contributed by atoms with Crippen LogP contribution in [0.5, 0.6) is 5.75 Å². The van der Waals surface area contributed by atoms with E-state index in [9.17, 15) is 37.1 Å². The zero-order chi connectivity index (χ0) is 24.0. The van der Waals surface area contributed by atoms with Crippen LogP contribution in [0.3, 0.4) is 0 Å². The van der Waals surface area contributed by atoms with Gasteiger partial charge in [0.05, 0.1) is 6.54 Å². The average Bonchev–Trinajstić information content (AvgIpc) is 2.75. The normalized spacial score (nSPS) is 22.5. The molecule has 2 bridgehead atoms. The Morgan fingerprint density at radius 1 is 1.21 bits per heavy atom. The molecule has 0 saturated carbocycles. The van der Waals surface area contributed by atoms with Gasteiger partial charge in [-0.05, 0) is 13.0 Å². The second-order valence-corrected chi connectivity index (χ2v) is 8.06. The van der Waals surface area contributed by atoms with E-state index in [1.807, 2.05) is 0 Å². The highest BCUT2D eigenvalue weighted by atomic mass is 19.2. The Morgan fingerprint density at radius 3 is 2.64 bits per heavy atom. The maximum atomic E-state index is 14.2. The molecule has 0 aliphatic carbocycles. The predicted molar refractivity (Wildman–Crippen MR) is 108 cm³/mol. The summed E-state index contributed by atoms with van der Waals surface area (Å²) in [5.74, 6) is -4.57. The molecule has 2 aliphatic heterocycles. The zero-order valence-corrected chi connectivity index (χ0v) is 17.4. The van der Waals surface area contributed by atoms with Gasteiger partial charge in [-0.3, -0.25) is 24.1 Å². The molecule has 0 radical (unpaired) electrons. The maximum absolute atomic E-state index is 14.2. The fourth-order valence-corrected chi connectivity index (χ4v) is 3.96. The van der Waals surface area contributed by atoms with Gasteiger partial charge in [0.2, 0.25) is 5.43 Å². The van der Waals surface area contributed by atoms with Crippen molar-refractivity contribution in [3.63, 3.8) is 0 Å². The van der Waals surface area contributed by atoms with Crippen LogP contribution in [-0.2, 0) is 6.54 Å². The second-order valence-electron chi connectivity index (χ2n) is 8.06. The number of carbonyl (C=O) groups excluding carboxylic acids is 2. The third kappa shape index (κ3) is 4.00. The summed E-state index contributed by atoms with van der Waals surface area (Å²) in [5.41, 5.74) is -2.21. The number of halogens is 4. The summed E-state index contributed by atoms with van der Waals surface area (Å²) in [5, 5.41) is 14.2. The summed E-state index contributed by atoms with van der Waals surface area (Å²) in [7, 11) is 0. The summed E-state index contributed by atoms with van der Waals surface area (Å²) in [6, 6.07) is 2.12. The minimum absolute atomic E-state index is 0.0370. The van der Waals surface area contributed by atoms with Gasteiger partial charge in [-0.15, -0.1) is 0 Å². The van der Waals surface area contributed by atoms with Crippen molar-refractivity contribution in [2.45, 2.75) is 38.3 Å². The fourth-order valence-electron chi connectivity index (χ4n) is 3.96. The number of rotatable bonds is 3. The molecular weight excluding hydrogens is 448 g/mol. The third-order valence-electron chi connectivity index (χ3n) is 5.81. The quantitative estimate of drug-likeness (QED) is 0.668. The van der Waals surface area contributed by atoms with E-state index >= 15 is 0 Å². The number of fused-ring (bicyclic) bond motifs is 4. The predicted octanol–water partition coefficient (Wildman–Crippen LogP) is 1.58. The van der Waals surface area contributed by atoms with Gasteiger partial charge in [-0.1, -0.05) is 6.07 Å². The van der Waals surface area contributed by atoms with Crippen molar-refractivity contribution in [3.05, 3.63) is 63.1 Å². The maximum Gasteiger partial charge on any atom is 0.277 e. The van der Waals surface area contributed by atoms with Crippen LogP contribution in [-0.4, -0.2) is 58.1 Å². The van der Waals surface area contributed by atoms with Crippen LogP contribution in [0, 0.1) is 11.6 Å². The van der Waals surface area contributed by atoms with Crippen LogP contribution in [0.15, 0.2) is 29.2 Å².